The van der Waals surface area contributed by atoms with Crippen molar-refractivity contribution in [2.75, 3.05) is 5.32 Å². The highest BCUT2D eigenvalue weighted by Crippen LogP contribution is 2.33. The lowest BCUT2D eigenvalue weighted by molar-refractivity contribution is 0.296. The number of H-pyrrole nitrogens is 1. The van der Waals surface area contributed by atoms with Crippen molar-refractivity contribution in [3.63, 3.8) is 0 Å². The van der Waals surface area contributed by atoms with Crippen molar-refractivity contribution in [1.82, 2.24) is 35.6 Å². The van der Waals surface area contributed by atoms with Crippen LogP contribution < -0.4 is 14.8 Å². The molecule has 0 spiro atoms. The minimum atomic E-state index is 0.212. The van der Waals surface area contributed by atoms with Crippen LogP contribution in [0.1, 0.15) is 17.1 Å². The second-order valence-corrected chi connectivity index (χ2v) is 7.70. The topological polar surface area (TPSA) is 124 Å². The first-order valence-corrected chi connectivity index (χ1v) is 10.9. The van der Waals surface area contributed by atoms with Crippen LogP contribution in [0.25, 0.3) is 11.4 Å². The fourth-order valence-corrected chi connectivity index (χ4v) is 3.32. The van der Waals surface area contributed by atoms with Crippen LogP contribution >= 0.6 is 0 Å². The molecule has 5 aromatic rings. The molecule has 10 nitrogen and oxygen atoms in total. The van der Waals surface area contributed by atoms with Crippen molar-refractivity contribution in [2.24, 2.45) is 0 Å². The molecule has 0 amide bonds. The van der Waals surface area contributed by atoms with Gasteiger partial charge in [0.05, 0.1) is 5.69 Å². The lowest BCUT2D eigenvalue weighted by atomic mass is 10.1. The van der Waals surface area contributed by atoms with Gasteiger partial charge < -0.3 is 14.8 Å². The lowest BCUT2D eigenvalue weighted by Gasteiger charge is -2.14. The number of ether oxygens (including phenoxy) is 2. The first-order chi connectivity index (χ1) is 17.1. The van der Waals surface area contributed by atoms with E-state index >= 15 is 0 Å². The van der Waals surface area contributed by atoms with Crippen LogP contribution in [0.2, 0.25) is 0 Å². The van der Waals surface area contributed by atoms with Crippen molar-refractivity contribution in [3.8, 4) is 28.6 Å². The Balaban J connectivity index is 1.34. The molecule has 4 heterocycles. The number of aromatic amines is 1. The van der Waals surface area contributed by atoms with Gasteiger partial charge in [0, 0.05) is 35.9 Å². The van der Waals surface area contributed by atoms with Gasteiger partial charge in [-0.1, -0.05) is 17.3 Å². The maximum atomic E-state index is 6.25. The molecule has 35 heavy (non-hydrogen) atoms. The Morgan fingerprint density at radius 1 is 0.914 bits per heavy atom. The van der Waals surface area contributed by atoms with Crippen molar-refractivity contribution in [3.05, 3.63) is 90.1 Å². The maximum Gasteiger partial charge on any atom is 0.211 e. The number of tetrazole rings is 1. The highest BCUT2D eigenvalue weighted by molar-refractivity contribution is 5.65. The summed E-state index contributed by atoms with van der Waals surface area (Å²) in [4.78, 5) is 13.6. The van der Waals surface area contributed by atoms with E-state index in [1.807, 2.05) is 68.4 Å². The van der Waals surface area contributed by atoms with E-state index < -0.39 is 0 Å². The number of aromatic nitrogens is 7. The van der Waals surface area contributed by atoms with E-state index in [4.69, 9.17) is 14.5 Å². The van der Waals surface area contributed by atoms with Crippen LogP contribution in [-0.4, -0.2) is 35.6 Å². The predicted molar refractivity (Wildman–Crippen MR) is 129 cm³/mol. The van der Waals surface area contributed by atoms with Gasteiger partial charge in [0.1, 0.15) is 23.0 Å². The molecule has 4 aromatic heterocycles. The minimum absolute atomic E-state index is 0.212. The van der Waals surface area contributed by atoms with Gasteiger partial charge in [-0.2, -0.15) is 5.21 Å². The predicted octanol–water partition coefficient (Wildman–Crippen LogP) is 4.78. The minimum Gasteiger partial charge on any atom is -0.485 e. The van der Waals surface area contributed by atoms with E-state index in [1.165, 1.54) is 0 Å². The molecule has 174 valence electrons. The Morgan fingerprint density at radius 2 is 1.86 bits per heavy atom. The summed E-state index contributed by atoms with van der Waals surface area (Å²) >= 11 is 0. The van der Waals surface area contributed by atoms with Gasteiger partial charge in [0.2, 0.25) is 5.82 Å². The number of nitrogens with zero attached hydrogens (tertiary/aromatic N) is 6. The normalized spacial score (nSPS) is 10.7. The molecule has 0 fully saturated rings. The van der Waals surface area contributed by atoms with Gasteiger partial charge in [-0.05, 0) is 55.8 Å². The van der Waals surface area contributed by atoms with E-state index in [1.54, 1.807) is 18.5 Å². The molecule has 0 bridgehead atoms. The highest BCUT2D eigenvalue weighted by atomic mass is 16.5. The molecule has 10 heteroatoms. The number of hydrogen-bond acceptors (Lipinski definition) is 9. The van der Waals surface area contributed by atoms with Gasteiger partial charge >= 0.3 is 0 Å². The van der Waals surface area contributed by atoms with Crippen LogP contribution in [-0.2, 0) is 6.61 Å². The second kappa shape index (κ2) is 9.96. The smallest absolute Gasteiger partial charge is 0.211 e. The Morgan fingerprint density at radius 3 is 2.69 bits per heavy atom. The van der Waals surface area contributed by atoms with Gasteiger partial charge in [-0.25, -0.2) is 9.97 Å². The lowest BCUT2D eigenvalue weighted by Crippen LogP contribution is -1.99. The summed E-state index contributed by atoms with van der Waals surface area (Å²) in [6, 6.07) is 18.8. The summed E-state index contributed by atoms with van der Waals surface area (Å²) in [5.74, 6) is 3.00. The summed E-state index contributed by atoms with van der Waals surface area (Å²) in [5.41, 5.74) is 4.20. The van der Waals surface area contributed by atoms with Gasteiger partial charge in [0.15, 0.2) is 12.4 Å². The molecule has 1 aromatic carbocycles. The van der Waals surface area contributed by atoms with Crippen molar-refractivity contribution in [2.45, 2.75) is 20.5 Å². The summed E-state index contributed by atoms with van der Waals surface area (Å²) < 4.78 is 12.0. The molecular weight excluding hydrogens is 444 g/mol. The molecule has 0 unspecified atom stereocenters. The Bertz CT molecular complexity index is 1430. The number of pyridine rings is 3. The van der Waals surface area contributed by atoms with Crippen LogP contribution in [0.3, 0.4) is 0 Å². The first kappa shape index (κ1) is 22.0. The van der Waals surface area contributed by atoms with E-state index in [9.17, 15) is 0 Å². The largest absolute Gasteiger partial charge is 0.485 e. The van der Waals surface area contributed by atoms with E-state index in [-0.39, 0.29) is 6.61 Å². The highest BCUT2D eigenvalue weighted by Gasteiger charge is 2.13. The molecule has 0 saturated carbocycles. The maximum absolute atomic E-state index is 6.25. The molecule has 2 N–H and O–H groups in total. The van der Waals surface area contributed by atoms with Crippen molar-refractivity contribution < 1.29 is 9.47 Å². The third-order valence-corrected chi connectivity index (χ3v) is 5.16. The van der Waals surface area contributed by atoms with E-state index in [0.717, 1.165) is 22.6 Å². The zero-order valence-electron chi connectivity index (χ0n) is 19.1. The standard InChI is InChI=1S/C25H22N8O2/c1-16-12-22(25(28-17(16)2)21-8-3-4-10-26-21)35-20-9-11-27-23(14-20)29-18-6-5-7-19(13-18)34-15-24-30-32-33-31-24/h3-14H,15H2,1-2H3,(H,27,29)(H,30,31,32,33). The molecule has 0 aliphatic rings. The summed E-state index contributed by atoms with van der Waals surface area (Å²) in [6.45, 7) is 4.19. The fraction of sp³-hybridized carbons (Fsp3) is 0.120. The number of hydrogen-bond donors (Lipinski definition) is 2. The molecule has 0 aliphatic heterocycles. The molecule has 0 atom stereocenters. The Hall–Kier alpha value is -4.86. The number of aryl methyl sites for hydroxylation is 2. The monoisotopic (exact) mass is 466 g/mol. The Labute approximate surface area is 201 Å². The first-order valence-electron chi connectivity index (χ1n) is 10.9. The third kappa shape index (κ3) is 5.38. The third-order valence-electron chi connectivity index (χ3n) is 5.16. The van der Waals surface area contributed by atoms with Crippen LogP contribution in [0.4, 0.5) is 11.5 Å². The van der Waals surface area contributed by atoms with Crippen molar-refractivity contribution >= 4 is 11.5 Å². The van der Waals surface area contributed by atoms with Gasteiger partial charge in [0.25, 0.3) is 0 Å². The summed E-state index contributed by atoms with van der Waals surface area (Å²) in [5, 5.41) is 17.0. The fourth-order valence-electron chi connectivity index (χ4n) is 3.32. The molecule has 0 aliphatic carbocycles. The van der Waals surface area contributed by atoms with Crippen LogP contribution in [0.15, 0.2) is 73.1 Å². The summed E-state index contributed by atoms with van der Waals surface area (Å²) in [6.07, 6.45) is 3.42. The quantitative estimate of drug-likeness (QED) is 0.332. The molecule has 0 saturated heterocycles. The number of nitrogens with one attached hydrogen (secondary N) is 2. The summed E-state index contributed by atoms with van der Waals surface area (Å²) in [7, 11) is 0. The van der Waals surface area contributed by atoms with Crippen molar-refractivity contribution in [1.29, 1.82) is 0 Å². The zero-order chi connectivity index (χ0) is 24.0. The second-order valence-electron chi connectivity index (χ2n) is 7.70. The molecular formula is C25H22N8O2. The van der Waals surface area contributed by atoms with Gasteiger partial charge in [-0.15, -0.1) is 10.2 Å². The average Bonchev–Trinajstić information content (AvgIpc) is 3.40. The average molecular weight is 467 g/mol. The van der Waals surface area contributed by atoms with Crippen LogP contribution in [0, 0.1) is 13.8 Å². The number of rotatable bonds is 8. The van der Waals surface area contributed by atoms with Crippen LogP contribution in [0.5, 0.6) is 17.2 Å². The van der Waals surface area contributed by atoms with E-state index in [2.05, 4.69) is 35.9 Å². The molecule has 5 rings (SSSR count). The SMILES string of the molecule is Cc1cc(Oc2ccnc(Nc3cccc(OCc4nn[nH]n4)c3)c2)c(-c2ccccn2)nc1C. The number of benzene rings is 1. The molecule has 0 radical (unpaired) electrons. The van der Waals surface area contributed by atoms with E-state index in [0.29, 0.717) is 34.6 Å². The number of anilines is 2. The van der Waals surface area contributed by atoms with Gasteiger partial charge in [-0.3, -0.25) is 4.98 Å². The zero-order valence-corrected chi connectivity index (χ0v) is 19.1. The Kier molecular flexibility index (Phi) is 6.25.